The molecule has 9 rings (SSSR count). The minimum absolute atomic E-state index is 0.0173. The molecule has 0 unspecified atom stereocenters. The molecule has 368 valence electrons. The molecule has 2 amide bonds. The van der Waals surface area contributed by atoms with E-state index < -0.39 is 11.2 Å². The molecule has 70 heavy (non-hydrogen) atoms. The average molecular weight is 1090 g/mol. The number of carbonyl (C=O) groups excluding carboxylic acids is 2. The fourth-order valence-corrected chi connectivity index (χ4v) is 8.01. The van der Waals surface area contributed by atoms with Gasteiger partial charge in [-0.2, -0.15) is 20.2 Å². The van der Waals surface area contributed by atoms with Crippen molar-refractivity contribution in [3.63, 3.8) is 0 Å². The number of nitrogens with zero attached hydrogens (tertiary/aromatic N) is 18. The second kappa shape index (κ2) is 22.5. The normalized spacial score (nSPS) is 14.4. The van der Waals surface area contributed by atoms with E-state index in [4.69, 9.17) is 21.4 Å². The summed E-state index contributed by atoms with van der Waals surface area (Å²) in [5.41, 5.74) is 11.2. The average Bonchev–Trinajstić information content (AvgIpc) is 4.17. The number of piperidine rings is 2. The number of carbonyl (C=O) groups is 2. The summed E-state index contributed by atoms with van der Waals surface area (Å²) in [6.07, 6.45) is 20.4. The van der Waals surface area contributed by atoms with E-state index in [9.17, 15) is 9.59 Å². The van der Waals surface area contributed by atoms with Crippen molar-refractivity contribution in [2.24, 2.45) is 5.11 Å². The molecule has 0 spiro atoms. The van der Waals surface area contributed by atoms with Crippen LogP contribution in [0.3, 0.4) is 0 Å². The van der Waals surface area contributed by atoms with Crippen LogP contribution in [-0.4, -0.2) is 129 Å². The van der Waals surface area contributed by atoms with Gasteiger partial charge in [-0.15, -0.1) is 21.7 Å². The van der Waals surface area contributed by atoms with E-state index in [1.165, 1.54) is 0 Å². The minimum atomic E-state index is -0.489. The first-order chi connectivity index (χ1) is 33.4. The SMILES string of the molecule is C#CCn1cc(Nc2nc3c(Br)cccn3n2)cn1.CC(C)(C)OC(=O)N1CCC(N=[N+]=[N-])CC1.CC(C)(C)OC(=O)N1CCC(n2cc(Cn3cc(Nc4nc5c(Br)cccn5n4)cn3)nn2)CC1. The largest absolute Gasteiger partial charge is 0.444 e. The van der Waals surface area contributed by atoms with Gasteiger partial charge in [0.25, 0.3) is 0 Å². The fraction of sp³-hybridized carbons (Fsp3) is 0.455. The third-order valence-electron chi connectivity index (χ3n) is 10.4. The molecule has 2 aliphatic rings. The van der Waals surface area contributed by atoms with Gasteiger partial charge in [-0.05, 0) is 129 Å². The van der Waals surface area contributed by atoms with Crippen LogP contribution >= 0.6 is 31.9 Å². The zero-order chi connectivity index (χ0) is 50.0. The highest BCUT2D eigenvalue weighted by Gasteiger charge is 2.29. The summed E-state index contributed by atoms with van der Waals surface area (Å²) in [5.74, 6) is 3.51. The van der Waals surface area contributed by atoms with Crippen LogP contribution in [0.4, 0.5) is 32.9 Å². The molecule has 7 aromatic rings. The lowest BCUT2D eigenvalue weighted by atomic mass is 10.1. The van der Waals surface area contributed by atoms with E-state index in [1.54, 1.807) is 46.8 Å². The molecule has 9 heterocycles. The Kier molecular flexibility index (Phi) is 16.3. The van der Waals surface area contributed by atoms with Crippen LogP contribution in [0.25, 0.3) is 21.7 Å². The summed E-state index contributed by atoms with van der Waals surface area (Å²) in [4.78, 5) is 39.0. The zero-order valence-corrected chi connectivity index (χ0v) is 42.8. The van der Waals surface area contributed by atoms with Crippen LogP contribution in [0.15, 0.2) is 81.7 Å². The van der Waals surface area contributed by atoms with Crippen molar-refractivity contribution < 1.29 is 19.1 Å². The van der Waals surface area contributed by atoms with Gasteiger partial charge in [0.2, 0.25) is 11.9 Å². The number of anilines is 4. The van der Waals surface area contributed by atoms with Gasteiger partial charge in [0.05, 0.1) is 51.5 Å². The molecule has 7 aromatic heterocycles. The van der Waals surface area contributed by atoms with Gasteiger partial charge in [-0.1, -0.05) is 16.2 Å². The maximum absolute atomic E-state index is 12.3. The van der Waals surface area contributed by atoms with Crippen LogP contribution in [0.1, 0.15) is 79.0 Å². The molecule has 24 nitrogen and oxygen atoms in total. The van der Waals surface area contributed by atoms with Gasteiger partial charge in [0, 0.05) is 61.9 Å². The monoisotopic (exact) mass is 1080 g/mol. The van der Waals surface area contributed by atoms with Crippen LogP contribution in [0.2, 0.25) is 0 Å². The highest BCUT2D eigenvalue weighted by Crippen LogP contribution is 2.25. The quantitative estimate of drug-likeness (QED) is 0.0595. The molecule has 0 saturated carbocycles. The van der Waals surface area contributed by atoms with Gasteiger partial charge in [-0.3, -0.25) is 9.36 Å². The number of rotatable bonds is 9. The lowest BCUT2D eigenvalue weighted by Gasteiger charge is -2.33. The predicted molar refractivity (Wildman–Crippen MR) is 266 cm³/mol. The molecule has 2 N–H and O–H groups in total. The van der Waals surface area contributed by atoms with Crippen LogP contribution in [0, 0.1) is 12.3 Å². The van der Waals surface area contributed by atoms with E-state index in [1.807, 2.05) is 95.3 Å². The maximum atomic E-state index is 12.3. The number of hydrogen-bond acceptors (Lipinski definition) is 15. The summed E-state index contributed by atoms with van der Waals surface area (Å²) in [6, 6.07) is 7.84. The summed E-state index contributed by atoms with van der Waals surface area (Å²) in [5, 5.41) is 35.8. The van der Waals surface area contributed by atoms with Crippen molar-refractivity contribution in [3.8, 4) is 12.3 Å². The highest BCUT2D eigenvalue weighted by atomic mass is 79.9. The minimum Gasteiger partial charge on any atom is -0.444 e. The molecule has 0 aromatic carbocycles. The number of halogens is 2. The molecule has 2 saturated heterocycles. The Bertz CT molecular complexity index is 2970. The van der Waals surface area contributed by atoms with E-state index in [2.05, 4.69) is 99.1 Å². The van der Waals surface area contributed by atoms with Crippen molar-refractivity contribution in [2.75, 3.05) is 36.8 Å². The smallest absolute Gasteiger partial charge is 0.410 e. The molecule has 2 aliphatic heterocycles. The first-order valence-electron chi connectivity index (χ1n) is 22.4. The lowest BCUT2D eigenvalue weighted by Crippen LogP contribution is -2.42. The summed E-state index contributed by atoms with van der Waals surface area (Å²) in [7, 11) is 0. The van der Waals surface area contributed by atoms with Gasteiger partial charge in [0.1, 0.15) is 23.4 Å². The van der Waals surface area contributed by atoms with Crippen molar-refractivity contribution in [1.29, 1.82) is 0 Å². The van der Waals surface area contributed by atoms with Gasteiger partial charge in [0.15, 0.2) is 11.3 Å². The van der Waals surface area contributed by atoms with Crippen molar-refractivity contribution >= 4 is 78.6 Å². The van der Waals surface area contributed by atoms with E-state index in [0.717, 1.165) is 50.2 Å². The Morgan fingerprint density at radius 3 is 1.79 bits per heavy atom. The number of likely N-dealkylation sites (tertiary alicyclic amines) is 2. The van der Waals surface area contributed by atoms with Crippen molar-refractivity contribution in [1.82, 2.24) is 73.6 Å². The molecule has 0 bridgehead atoms. The molecule has 26 heteroatoms. The number of fused-ring (bicyclic) bond motifs is 2. The van der Waals surface area contributed by atoms with Gasteiger partial charge >= 0.3 is 12.2 Å². The van der Waals surface area contributed by atoms with Crippen molar-refractivity contribution in [3.05, 3.63) is 92.7 Å². The van der Waals surface area contributed by atoms with Crippen LogP contribution in [-0.2, 0) is 22.6 Å². The zero-order valence-electron chi connectivity index (χ0n) is 39.6. The number of hydrogen-bond donors (Lipinski definition) is 2. The molecular formula is C44H54Br2N20O4. The van der Waals surface area contributed by atoms with E-state index >= 15 is 0 Å². The van der Waals surface area contributed by atoms with Crippen LogP contribution in [0.5, 0.6) is 0 Å². The first kappa shape index (κ1) is 50.6. The number of nitrogens with one attached hydrogen (secondary N) is 2. The molecule has 0 radical (unpaired) electrons. The van der Waals surface area contributed by atoms with E-state index in [-0.39, 0.29) is 24.3 Å². The topological polar surface area (TPSA) is 259 Å². The standard InChI is InChI=1S/C22H27BrN10O2.C12H9BrN6.C10H18N4O2/c1-22(2,3)35-21(34)30-9-6-17(7-10-30)33-14-16(27-29-33)13-31-12-15(11-24-31)25-20-26-19-18(23)5-4-8-32(19)28-20;1-2-5-18-8-9(7-14-18)15-12-16-11-10(13)4-3-6-19(11)17-12;1-10(2,3)16-9(15)14-6-4-8(5-7-14)12-13-11/h4-5,8,11-12,14,17H,6-7,9-10,13H2,1-3H3,(H,25,28);1,3-4,6-8H,5H2,(H,15,17);8H,4-7H2,1-3H3. The molecule has 2 fully saturated rings. The second-order valence-corrected chi connectivity index (χ2v) is 19.9. The molecule has 0 aliphatic carbocycles. The third-order valence-corrected chi connectivity index (χ3v) is 11.6. The number of pyridine rings is 2. The highest BCUT2D eigenvalue weighted by molar-refractivity contribution is 9.11. The predicted octanol–water partition coefficient (Wildman–Crippen LogP) is 8.41. The lowest BCUT2D eigenvalue weighted by molar-refractivity contribution is 0.0180. The fourth-order valence-electron chi connectivity index (χ4n) is 7.17. The number of terminal acetylenes is 1. The maximum Gasteiger partial charge on any atom is 0.410 e. The molecule has 0 atom stereocenters. The molecular weight excluding hydrogens is 1030 g/mol. The summed E-state index contributed by atoms with van der Waals surface area (Å²) >= 11 is 6.91. The van der Waals surface area contributed by atoms with Gasteiger partial charge in [-0.25, -0.2) is 23.3 Å². The Morgan fingerprint density at radius 1 is 0.800 bits per heavy atom. The Labute approximate surface area is 420 Å². The summed E-state index contributed by atoms with van der Waals surface area (Å²) in [6.45, 7) is 14.6. The first-order valence-corrected chi connectivity index (χ1v) is 24.0. The number of azide groups is 1. The second-order valence-electron chi connectivity index (χ2n) is 18.2. The van der Waals surface area contributed by atoms with E-state index in [0.29, 0.717) is 64.0 Å². The van der Waals surface area contributed by atoms with Gasteiger partial charge < -0.3 is 29.9 Å². The third kappa shape index (κ3) is 14.2. The number of amides is 2. The Morgan fingerprint density at radius 2 is 1.30 bits per heavy atom. The Balaban J connectivity index is 0.000000173. The number of ether oxygens (including phenoxy) is 2. The number of aromatic nitrogens is 13. The van der Waals surface area contributed by atoms with Crippen LogP contribution < -0.4 is 10.6 Å². The summed E-state index contributed by atoms with van der Waals surface area (Å²) < 4.78 is 21.2. The van der Waals surface area contributed by atoms with Crippen molar-refractivity contribution in [2.45, 2.75) is 104 Å². The Hall–Kier alpha value is -7.23.